The lowest BCUT2D eigenvalue weighted by Crippen LogP contribution is -1.85. The summed E-state index contributed by atoms with van der Waals surface area (Å²) in [6.07, 6.45) is 0. The molecule has 56 valence electrons. The summed E-state index contributed by atoms with van der Waals surface area (Å²) in [5.74, 6) is 0.474. The maximum Gasteiger partial charge on any atom is 0.0991 e. The van der Waals surface area contributed by atoms with Gasteiger partial charge in [0.15, 0.2) is 0 Å². The zero-order valence-corrected chi connectivity index (χ0v) is 7.02. The van der Waals surface area contributed by atoms with Gasteiger partial charge in [0.25, 0.3) is 0 Å². The van der Waals surface area contributed by atoms with E-state index in [0.717, 1.165) is 11.1 Å². The van der Waals surface area contributed by atoms with Crippen LogP contribution in [-0.4, -0.2) is 0 Å². The van der Waals surface area contributed by atoms with Gasteiger partial charge in [-0.05, 0) is 30.2 Å². The van der Waals surface area contributed by atoms with Crippen LogP contribution in [0.3, 0.4) is 0 Å². The van der Waals surface area contributed by atoms with Gasteiger partial charge in [0.2, 0.25) is 0 Å². The molecule has 0 radical (unpaired) electrons. The van der Waals surface area contributed by atoms with Gasteiger partial charge in [-0.15, -0.1) is 11.6 Å². The average Bonchev–Trinajstić information content (AvgIpc) is 2.05. The first kappa shape index (κ1) is 8.10. The molecule has 1 rings (SSSR count). The van der Waals surface area contributed by atoms with Crippen molar-refractivity contribution in [2.75, 3.05) is 0 Å². The molecule has 0 fully saturated rings. The van der Waals surface area contributed by atoms with E-state index in [9.17, 15) is 0 Å². The van der Waals surface area contributed by atoms with Crippen LogP contribution >= 0.6 is 11.6 Å². The number of nitrogens with zero attached hydrogens (tertiary/aromatic N) is 1. The van der Waals surface area contributed by atoms with Crippen LogP contribution in [0.1, 0.15) is 16.7 Å². The van der Waals surface area contributed by atoms with E-state index in [4.69, 9.17) is 16.9 Å². The van der Waals surface area contributed by atoms with E-state index in [2.05, 4.69) is 6.07 Å². The van der Waals surface area contributed by atoms with E-state index in [1.54, 1.807) is 6.07 Å². The summed E-state index contributed by atoms with van der Waals surface area (Å²) in [5, 5.41) is 8.56. The second-order valence-electron chi connectivity index (χ2n) is 2.39. The Morgan fingerprint density at radius 2 is 2.27 bits per heavy atom. The fourth-order valence-corrected chi connectivity index (χ4v) is 1.17. The van der Waals surface area contributed by atoms with Crippen molar-refractivity contribution in [2.45, 2.75) is 12.8 Å². The number of hydrogen-bond donors (Lipinski definition) is 0. The third kappa shape index (κ3) is 1.72. The number of aryl methyl sites for hydroxylation is 1. The second kappa shape index (κ2) is 3.41. The fraction of sp³-hybridized carbons (Fsp3) is 0.222. The first-order chi connectivity index (χ1) is 5.27. The molecule has 0 amide bonds. The van der Waals surface area contributed by atoms with Crippen LogP contribution in [-0.2, 0) is 5.88 Å². The minimum absolute atomic E-state index is 0.474. The van der Waals surface area contributed by atoms with Crippen LogP contribution in [0.25, 0.3) is 0 Å². The molecule has 0 atom stereocenters. The molecule has 1 aromatic carbocycles. The molecular weight excluding hydrogens is 158 g/mol. The van der Waals surface area contributed by atoms with Gasteiger partial charge in [0.1, 0.15) is 0 Å². The van der Waals surface area contributed by atoms with Crippen molar-refractivity contribution in [3.05, 3.63) is 34.9 Å². The predicted octanol–water partition coefficient (Wildman–Crippen LogP) is 2.61. The van der Waals surface area contributed by atoms with Gasteiger partial charge in [-0.3, -0.25) is 0 Å². The number of alkyl halides is 1. The van der Waals surface area contributed by atoms with Crippen molar-refractivity contribution < 1.29 is 0 Å². The van der Waals surface area contributed by atoms with Crippen molar-refractivity contribution in [3.8, 4) is 6.07 Å². The van der Waals surface area contributed by atoms with Crippen molar-refractivity contribution in [1.82, 2.24) is 0 Å². The van der Waals surface area contributed by atoms with Crippen molar-refractivity contribution in [2.24, 2.45) is 0 Å². The SMILES string of the molecule is Cc1ccc(C#N)cc1CCl. The normalized spacial score (nSPS) is 9.18. The molecule has 0 heterocycles. The molecule has 11 heavy (non-hydrogen) atoms. The smallest absolute Gasteiger partial charge is 0.0991 e. The van der Waals surface area contributed by atoms with Gasteiger partial charge in [-0.2, -0.15) is 5.26 Å². The Bertz CT molecular complexity index is 299. The first-order valence-electron chi connectivity index (χ1n) is 3.33. The van der Waals surface area contributed by atoms with Crippen LogP contribution < -0.4 is 0 Å². The van der Waals surface area contributed by atoms with Gasteiger partial charge in [-0.25, -0.2) is 0 Å². The fourth-order valence-electron chi connectivity index (χ4n) is 0.885. The summed E-state index contributed by atoms with van der Waals surface area (Å²) in [5.41, 5.74) is 2.84. The molecule has 0 saturated carbocycles. The van der Waals surface area contributed by atoms with E-state index in [1.807, 2.05) is 19.1 Å². The van der Waals surface area contributed by atoms with Crippen LogP contribution in [0.4, 0.5) is 0 Å². The Labute approximate surface area is 71.2 Å². The molecule has 0 saturated heterocycles. The van der Waals surface area contributed by atoms with Gasteiger partial charge in [0.05, 0.1) is 11.6 Å². The highest BCUT2D eigenvalue weighted by Crippen LogP contribution is 2.12. The number of hydrogen-bond acceptors (Lipinski definition) is 1. The van der Waals surface area contributed by atoms with Crippen LogP contribution in [0, 0.1) is 18.3 Å². The Balaban J connectivity index is 3.15. The molecule has 1 nitrogen and oxygen atoms in total. The lowest BCUT2D eigenvalue weighted by molar-refractivity contribution is 1.29. The molecule has 0 bridgehead atoms. The Hall–Kier alpha value is -1.00. The largest absolute Gasteiger partial charge is 0.192 e. The third-order valence-electron chi connectivity index (χ3n) is 1.62. The summed E-state index contributed by atoms with van der Waals surface area (Å²) >= 11 is 5.65. The molecule has 0 N–H and O–H groups in total. The Kier molecular flexibility index (Phi) is 2.51. The highest BCUT2D eigenvalue weighted by molar-refractivity contribution is 6.17. The first-order valence-corrected chi connectivity index (χ1v) is 3.87. The molecule has 0 unspecified atom stereocenters. The van der Waals surface area contributed by atoms with Crippen LogP contribution in [0.15, 0.2) is 18.2 Å². The molecule has 0 aromatic heterocycles. The van der Waals surface area contributed by atoms with Crippen molar-refractivity contribution >= 4 is 11.6 Å². The van der Waals surface area contributed by atoms with Crippen molar-refractivity contribution in [3.63, 3.8) is 0 Å². The quantitative estimate of drug-likeness (QED) is 0.587. The minimum Gasteiger partial charge on any atom is -0.192 e. The minimum atomic E-state index is 0.474. The van der Waals surface area contributed by atoms with Gasteiger partial charge in [-0.1, -0.05) is 6.07 Å². The number of rotatable bonds is 1. The molecule has 0 spiro atoms. The van der Waals surface area contributed by atoms with Crippen LogP contribution in [0.2, 0.25) is 0 Å². The number of halogens is 1. The maximum absolute atomic E-state index is 8.56. The lowest BCUT2D eigenvalue weighted by Gasteiger charge is -2.00. The summed E-state index contributed by atoms with van der Waals surface area (Å²) < 4.78 is 0. The standard InChI is InChI=1S/C9H8ClN/c1-7-2-3-8(6-11)4-9(7)5-10/h2-4H,5H2,1H3. The third-order valence-corrected chi connectivity index (χ3v) is 1.91. The molecule has 0 aliphatic carbocycles. The highest BCUT2D eigenvalue weighted by atomic mass is 35.5. The van der Waals surface area contributed by atoms with E-state index in [0.29, 0.717) is 11.4 Å². The van der Waals surface area contributed by atoms with E-state index >= 15 is 0 Å². The lowest BCUT2D eigenvalue weighted by atomic mass is 10.1. The molecule has 2 heteroatoms. The van der Waals surface area contributed by atoms with Crippen molar-refractivity contribution in [1.29, 1.82) is 5.26 Å². The highest BCUT2D eigenvalue weighted by Gasteiger charge is 1.97. The predicted molar refractivity (Wildman–Crippen MR) is 45.5 cm³/mol. The monoisotopic (exact) mass is 165 g/mol. The average molecular weight is 166 g/mol. The summed E-state index contributed by atoms with van der Waals surface area (Å²) in [7, 11) is 0. The summed E-state index contributed by atoms with van der Waals surface area (Å²) in [4.78, 5) is 0. The molecule has 0 aliphatic heterocycles. The van der Waals surface area contributed by atoms with E-state index in [-0.39, 0.29) is 0 Å². The number of nitriles is 1. The topological polar surface area (TPSA) is 23.8 Å². The molecule has 0 aliphatic rings. The molecule has 1 aromatic rings. The zero-order valence-electron chi connectivity index (χ0n) is 6.26. The maximum atomic E-state index is 8.56. The summed E-state index contributed by atoms with van der Waals surface area (Å²) in [6.45, 7) is 1.98. The van der Waals surface area contributed by atoms with Gasteiger partial charge in [0, 0.05) is 5.88 Å². The number of benzene rings is 1. The molecular formula is C9H8ClN. The van der Waals surface area contributed by atoms with Gasteiger partial charge < -0.3 is 0 Å². The van der Waals surface area contributed by atoms with Crippen LogP contribution in [0.5, 0.6) is 0 Å². The Morgan fingerprint density at radius 3 is 2.82 bits per heavy atom. The van der Waals surface area contributed by atoms with E-state index in [1.165, 1.54) is 0 Å². The Morgan fingerprint density at radius 1 is 1.55 bits per heavy atom. The van der Waals surface area contributed by atoms with Gasteiger partial charge >= 0.3 is 0 Å². The zero-order chi connectivity index (χ0) is 8.27. The second-order valence-corrected chi connectivity index (χ2v) is 2.65. The summed E-state index contributed by atoms with van der Waals surface area (Å²) in [6, 6.07) is 7.60. The van der Waals surface area contributed by atoms with E-state index < -0.39 is 0 Å².